The average Bonchev–Trinajstić information content (AvgIpc) is 2.20. The molecule has 0 amide bonds. The summed E-state index contributed by atoms with van der Waals surface area (Å²) in [6.07, 6.45) is 1.92. The number of nitrogen functional groups attached to an aromatic ring is 1. The van der Waals surface area contributed by atoms with Gasteiger partial charge in [0, 0.05) is 33.9 Å². The highest BCUT2D eigenvalue weighted by molar-refractivity contribution is 9.10. The second kappa shape index (κ2) is 6.80. The van der Waals surface area contributed by atoms with Crippen LogP contribution in [-0.2, 0) is 0 Å². The van der Waals surface area contributed by atoms with Crippen molar-refractivity contribution in [3.05, 3.63) is 35.3 Å². The molecule has 0 fully saturated rings. The van der Waals surface area contributed by atoms with Crippen molar-refractivity contribution in [2.45, 2.75) is 0 Å². The van der Waals surface area contributed by atoms with Gasteiger partial charge in [-0.3, -0.25) is 0 Å². The Kier molecular flexibility index (Phi) is 5.65. The molecule has 0 aliphatic heterocycles. The van der Waals surface area contributed by atoms with Crippen LogP contribution in [0, 0.1) is 0 Å². The van der Waals surface area contributed by atoms with Gasteiger partial charge in [0.1, 0.15) is 0 Å². The highest BCUT2D eigenvalue weighted by Crippen LogP contribution is 2.24. The predicted molar refractivity (Wildman–Crippen MR) is 74.6 cm³/mol. The van der Waals surface area contributed by atoms with Gasteiger partial charge in [-0.2, -0.15) is 11.8 Å². The first kappa shape index (κ1) is 12.5. The summed E-state index contributed by atoms with van der Waals surface area (Å²) in [6, 6.07) is 5.78. The zero-order valence-electron chi connectivity index (χ0n) is 8.50. The summed E-state index contributed by atoms with van der Waals surface area (Å²) in [5.41, 5.74) is 7.51. The summed E-state index contributed by atoms with van der Waals surface area (Å²) in [5.74, 6) is 2.08. The van der Waals surface area contributed by atoms with E-state index in [1.165, 1.54) is 0 Å². The number of thioether (sulfide) groups is 1. The molecule has 0 saturated heterocycles. The van der Waals surface area contributed by atoms with E-state index in [1.807, 2.05) is 36.0 Å². The Morgan fingerprint density at radius 2 is 2.33 bits per heavy atom. The number of hydrogen-bond acceptors (Lipinski definition) is 3. The monoisotopic (exact) mass is 286 g/mol. The highest BCUT2D eigenvalue weighted by Gasteiger charge is 1.98. The molecule has 0 radical (unpaired) electrons. The lowest BCUT2D eigenvalue weighted by atomic mass is 10.3. The Balaban J connectivity index is 2.34. The summed E-state index contributed by atoms with van der Waals surface area (Å²) < 4.78 is 1.01. The topological polar surface area (TPSA) is 38.0 Å². The number of halogens is 1. The minimum absolute atomic E-state index is 0.772. The number of rotatable bonds is 6. The minimum atomic E-state index is 0.772. The van der Waals surface area contributed by atoms with Gasteiger partial charge < -0.3 is 11.1 Å². The lowest BCUT2D eigenvalue weighted by Crippen LogP contribution is -2.05. The highest BCUT2D eigenvalue weighted by atomic mass is 79.9. The molecule has 82 valence electrons. The molecule has 3 N–H and O–H groups in total. The van der Waals surface area contributed by atoms with Crippen LogP contribution in [0.5, 0.6) is 0 Å². The molecule has 1 rings (SSSR count). The van der Waals surface area contributed by atoms with Gasteiger partial charge in [-0.05, 0) is 34.1 Å². The third kappa shape index (κ3) is 4.62. The second-order valence-electron chi connectivity index (χ2n) is 3.03. The van der Waals surface area contributed by atoms with Gasteiger partial charge in [0.05, 0.1) is 0 Å². The molecule has 0 atom stereocenters. The predicted octanol–water partition coefficient (Wildman–Crippen LogP) is 3.36. The van der Waals surface area contributed by atoms with E-state index >= 15 is 0 Å². The van der Waals surface area contributed by atoms with E-state index in [0.29, 0.717) is 0 Å². The normalized spacial score (nSPS) is 9.93. The molecule has 0 spiro atoms. The first-order valence-corrected chi connectivity index (χ1v) is 6.66. The quantitative estimate of drug-likeness (QED) is 0.478. The first-order chi connectivity index (χ1) is 7.24. The van der Waals surface area contributed by atoms with Crippen LogP contribution in [0.3, 0.4) is 0 Å². The van der Waals surface area contributed by atoms with Crippen molar-refractivity contribution in [3.63, 3.8) is 0 Å². The van der Waals surface area contributed by atoms with Crippen LogP contribution in [0.2, 0.25) is 0 Å². The molecule has 0 aromatic heterocycles. The Labute approximate surface area is 103 Å². The van der Waals surface area contributed by atoms with Crippen molar-refractivity contribution < 1.29 is 0 Å². The van der Waals surface area contributed by atoms with Gasteiger partial charge in [0.2, 0.25) is 0 Å². The van der Waals surface area contributed by atoms with Crippen molar-refractivity contribution in [2.75, 3.05) is 29.1 Å². The van der Waals surface area contributed by atoms with Crippen LogP contribution in [0.1, 0.15) is 0 Å². The van der Waals surface area contributed by atoms with Gasteiger partial charge in [-0.25, -0.2) is 0 Å². The van der Waals surface area contributed by atoms with E-state index in [2.05, 4.69) is 27.8 Å². The fourth-order valence-corrected chi connectivity index (χ4v) is 2.22. The molecule has 0 heterocycles. The lowest BCUT2D eigenvalue weighted by molar-refractivity contribution is 1.22. The maximum atomic E-state index is 5.65. The number of nitrogens with one attached hydrogen (secondary N) is 1. The number of nitrogens with two attached hydrogens (primary N) is 1. The van der Waals surface area contributed by atoms with Gasteiger partial charge in [0.15, 0.2) is 0 Å². The van der Waals surface area contributed by atoms with E-state index in [0.717, 1.165) is 33.9 Å². The standard InChI is InChI=1S/C11H15BrN2S/c1-2-6-15-7-5-14-11-4-3-9(13)8-10(11)12/h2-4,8,14H,1,5-7,13H2. The van der Waals surface area contributed by atoms with Crippen molar-refractivity contribution in [1.29, 1.82) is 0 Å². The number of hydrogen-bond donors (Lipinski definition) is 2. The van der Waals surface area contributed by atoms with Gasteiger partial charge in [-0.1, -0.05) is 6.08 Å². The van der Waals surface area contributed by atoms with Crippen molar-refractivity contribution >= 4 is 39.1 Å². The molecule has 15 heavy (non-hydrogen) atoms. The van der Waals surface area contributed by atoms with E-state index in [-0.39, 0.29) is 0 Å². The molecular weight excluding hydrogens is 272 g/mol. The van der Waals surface area contributed by atoms with Crippen molar-refractivity contribution in [1.82, 2.24) is 0 Å². The van der Waals surface area contributed by atoms with Gasteiger partial charge in [0.25, 0.3) is 0 Å². The minimum Gasteiger partial charge on any atom is -0.399 e. The molecule has 2 nitrogen and oxygen atoms in total. The maximum absolute atomic E-state index is 5.65. The van der Waals surface area contributed by atoms with Crippen LogP contribution in [0.15, 0.2) is 35.3 Å². The summed E-state index contributed by atoms with van der Waals surface area (Å²) in [5, 5.41) is 3.34. The molecular formula is C11H15BrN2S. The molecule has 0 saturated carbocycles. The van der Waals surface area contributed by atoms with Crippen molar-refractivity contribution in [2.24, 2.45) is 0 Å². The van der Waals surface area contributed by atoms with Gasteiger partial charge >= 0.3 is 0 Å². The zero-order chi connectivity index (χ0) is 11.1. The fourth-order valence-electron chi connectivity index (χ4n) is 1.10. The molecule has 0 unspecified atom stereocenters. The van der Waals surface area contributed by atoms with Crippen LogP contribution in [0.4, 0.5) is 11.4 Å². The van der Waals surface area contributed by atoms with E-state index in [9.17, 15) is 0 Å². The van der Waals surface area contributed by atoms with Crippen LogP contribution < -0.4 is 11.1 Å². The Hall–Kier alpha value is -0.610. The lowest BCUT2D eigenvalue weighted by Gasteiger charge is -2.08. The second-order valence-corrected chi connectivity index (χ2v) is 5.03. The molecule has 0 aliphatic carbocycles. The van der Waals surface area contributed by atoms with Crippen LogP contribution in [0.25, 0.3) is 0 Å². The first-order valence-electron chi connectivity index (χ1n) is 4.71. The zero-order valence-corrected chi connectivity index (χ0v) is 10.9. The van der Waals surface area contributed by atoms with E-state index < -0.39 is 0 Å². The summed E-state index contributed by atoms with van der Waals surface area (Å²) in [6.45, 7) is 4.62. The number of anilines is 2. The molecule has 0 aliphatic rings. The largest absolute Gasteiger partial charge is 0.399 e. The van der Waals surface area contributed by atoms with Crippen LogP contribution >= 0.6 is 27.7 Å². The smallest absolute Gasteiger partial charge is 0.0486 e. The Bertz CT molecular complexity index is 328. The summed E-state index contributed by atoms with van der Waals surface area (Å²) >= 11 is 5.33. The fraction of sp³-hybridized carbons (Fsp3) is 0.273. The Morgan fingerprint density at radius 3 is 3.00 bits per heavy atom. The average molecular weight is 287 g/mol. The number of benzene rings is 1. The van der Waals surface area contributed by atoms with E-state index in [4.69, 9.17) is 5.73 Å². The summed E-state index contributed by atoms with van der Waals surface area (Å²) in [7, 11) is 0. The third-order valence-electron chi connectivity index (χ3n) is 1.79. The molecule has 1 aromatic rings. The van der Waals surface area contributed by atoms with Gasteiger partial charge in [-0.15, -0.1) is 6.58 Å². The third-order valence-corrected chi connectivity index (χ3v) is 3.41. The maximum Gasteiger partial charge on any atom is 0.0486 e. The molecule has 0 bridgehead atoms. The van der Waals surface area contributed by atoms with Crippen LogP contribution in [-0.4, -0.2) is 18.1 Å². The Morgan fingerprint density at radius 1 is 1.53 bits per heavy atom. The SMILES string of the molecule is C=CCSCCNc1ccc(N)cc1Br. The molecule has 4 heteroatoms. The summed E-state index contributed by atoms with van der Waals surface area (Å²) in [4.78, 5) is 0. The molecule has 1 aromatic carbocycles. The van der Waals surface area contributed by atoms with Crippen molar-refractivity contribution in [3.8, 4) is 0 Å². The van der Waals surface area contributed by atoms with E-state index in [1.54, 1.807) is 0 Å².